The fraction of sp³-hybridized carbons (Fsp3) is 0.625. The van der Waals surface area contributed by atoms with E-state index in [4.69, 9.17) is 11.6 Å². The average Bonchev–Trinajstić information content (AvgIpc) is 1.89. The topological polar surface area (TPSA) is 17.1 Å². The van der Waals surface area contributed by atoms with Gasteiger partial charge in [0.15, 0.2) is 0 Å². The Morgan fingerprint density at radius 1 is 1.50 bits per heavy atom. The third-order valence-corrected chi connectivity index (χ3v) is 1.39. The van der Waals surface area contributed by atoms with Gasteiger partial charge in [0, 0.05) is 18.4 Å². The smallest absolute Gasteiger partial charge is 0.133 e. The van der Waals surface area contributed by atoms with Crippen LogP contribution in [0.15, 0.2) is 11.6 Å². The fourth-order valence-electron chi connectivity index (χ4n) is 0.711. The van der Waals surface area contributed by atoms with Crippen molar-refractivity contribution in [3.8, 4) is 0 Å². The zero-order valence-electron chi connectivity index (χ0n) is 6.27. The molecule has 0 amide bonds. The molecule has 0 aliphatic carbocycles. The lowest BCUT2D eigenvalue weighted by atomic mass is 10.1. The maximum absolute atomic E-state index is 10.8. The molecule has 0 aliphatic heterocycles. The third-order valence-electron chi connectivity index (χ3n) is 1.21. The van der Waals surface area contributed by atoms with E-state index in [1.807, 2.05) is 6.92 Å². The molecule has 2 heteroatoms. The molecule has 0 unspecified atom stereocenters. The Kier molecular flexibility index (Phi) is 6.61. The summed E-state index contributed by atoms with van der Waals surface area (Å²) in [6, 6.07) is 0. The summed E-state index contributed by atoms with van der Waals surface area (Å²) in [7, 11) is 0. The highest BCUT2D eigenvalue weighted by Gasteiger charge is 1.96. The van der Waals surface area contributed by atoms with Crippen molar-refractivity contribution in [2.45, 2.75) is 32.6 Å². The summed E-state index contributed by atoms with van der Waals surface area (Å²) in [5.74, 6) is 0.331. The summed E-state index contributed by atoms with van der Waals surface area (Å²) in [4.78, 5) is 10.8. The van der Waals surface area contributed by atoms with Gasteiger partial charge in [-0.3, -0.25) is 4.79 Å². The number of ketones is 1. The molecule has 0 aromatic rings. The van der Waals surface area contributed by atoms with Gasteiger partial charge in [-0.1, -0.05) is 24.6 Å². The van der Waals surface area contributed by atoms with Crippen molar-refractivity contribution < 1.29 is 4.79 Å². The van der Waals surface area contributed by atoms with Crippen LogP contribution in [0.25, 0.3) is 0 Å². The van der Waals surface area contributed by atoms with E-state index in [1.54, 1.807) is 6.08 Å². The van der Waals surface area contributed by atoms with Gasteiger partial charge < -0.3 is 0 Å². The Morgan fingerprint density at radius 2 is 2.20 bits per heavy atom. The van der Waals surface area contributed by atoms with E-state index < -0.39 is 0 Å². The van der Waals surface area contributed by atoms with Crippen LogP contribution in [0.5, 0.6) is 0 Å². The molecule has 0 rings (SSSR count). The number of hydrogen-bond donors (Lipinski definition) is 0. The molecular weight excluding hydrogens is 148 g/mol. The highest BCUT2D eigenvalue weighted by atomic mass is 35.5. The molecule has 0 heterocycles. The number of Topliss-reactive ketones (excluding diaryl/α,β-unsaturated/α-hetero) is 1. The molecule has 0 fully saturated rings. The van der Waals surface area contributed by atoms with Gasteiger partial charge in [0.2, 0.25) is 0 Å². The molecular formula is C8H13ClO. The molecule has 0 saturated heterocycles. The van der Waals surface area contributed by atoms with Crippen molar-refractivity contribution in [1.29, 1.82) is 0 Å². The predicted molar refractivity (Wildman–Crippen MR) is 44.1 cm³/mol. The van der Waals surface area contributed by atoms with Gasteiger partial charge in [0.05, 0.1) is 0 Å². The summed E-state index contributed by atoms with van der Waals surface area (Å²) in [6.07, 6.45) is 4.87. The minimum atomic E-state index is 0.331. The van der Waals surface area contributed by atoms with Crippen LogP contribution in [-0.2, 0) is 4.79 Å². The second-order valence-corrected chi connectivity index (χ2v) is 2.44. The summed E-state index contributed by atoms with van der Waals surface area (Å²) < 4.78 is 0. The van der Waals surface area contributed by atoms with Crippen LogP contribution >= 0.6 is 11.6 Å². The molecule has 0 aliphatic rings. The highest BCUT2D eigenvalue weighted by molar-refractivity contribution is 6.25. The Balaban J connectivity index is 3.21. The van der Waals surface area contributed by atoms with Gasteiger partial charge in [-0.2, -0.15) is 0 Å². The SMILES string of the molecule is CCCC(=O)CC/C=C/Cl. The molecule has 58 valence electrons. The van der Waals surface area contributed by atoms with Crippen molar-refractivity contribution in [2.24, 2.45) is 0 Å². The zero-order valence-corrected chi connectivity index (χ0v) is 7.03. The van der Waals surface area contributed by atoms with Gasteiger partial charge in [0.25, 0.3) is 0 Å². The van der Waals surface area contributed by atoms with E-state index >= 15 is 0 Å². The summed E-state index contributed by atoms with van der Waals surface area (Å²) in [5, 5.41) is 0. The van der Waals surface area contributed by atoms with Gasteiger partial charge in [0.1, 0.15) is 5.78 Å². The molecule has 0 aromatic heterocycles. The van der Waals surface area contributed by atoms with Crippen molar-refractivity contribution >= 4 is 17.4 Å². The third kappa shape index (κ3) is 5.83. The molecule has 0 spiro atoms. The normalized spacial score (nSPS) is 10.6. The van der Waals surface area contributed by atoms with Crippen LogP contribution in [0, 0.1) is 0 Å². The van der Waals surface area contributed by atoms with Crippen molar-refractivity contribution in [3.05, 3.63) is 11.6 Å². The van der Waals surface area contributed by atoms with Gasteiger partial charge in [-0.25, -0.2) is 0 Å². The number of rotatable bonds is 5. The highest BCUT2D eigenvalue weighted by Crippen LogP contribution is 1.99. The summed E-state index contributed by atoms with van der Waals surface area (Å²) >= 11 is 5.27. The molecule has 0 radical (unpaired) electrons. The predicted octanol–water partition coefficient (Wildman–Crippen LogP) is 2.89. The molecule has 10 heavy (non-hydrogen) atoms. The molecule has 1 nitrogen and oxygen atoms in total. The van der Waals surface area contributed by atoms with Crippen LogP contribution in [-0.4, -0.2) is 5.78 Å². The Bertz CT molecular complexity index is 118. The van der Waals surface area contributed by atoms with Crippen molar-refractivity contribution in [1.82, 2.24) is 0 Å². The van der Waals surface area contributed by atoms with Crippen molar-refractivity contribution in [2.75, 3.05) is 0 Å². The number of hydrogen-bond acceptors (Lipinski definition) is 1. The second kappa shape index (κ2) is 6.81. The first-order chi connectivity index (χ1) is 4.81. The molecule has 0 bridgehead atoms. The van der Waals surface area contributed by atoms with Crippen LogP contribution in [0.1, 0.15) is 32.6 Å². The largest absolute Gasteiger partial charge is 0.300 e. The van der Waals surface area contributed by atoms with E-state index in [0.717, 1.165) is 12.8 Å². The summed E-state index contributed by atoms with van der Waals surface area (Å²) in [5.41, 5.74) is 1.46. The van der Waals surface area contributed by atoms with Crippen LogP contribution in [0.3, 0.4) is 0 Å². The van der Waals surface area contributed by atoms with E-state index in [9.17, 15) is 4.79 Å². The monoisotopic (exact) mass is 160 g/mol. The lowest BCUT2D eigenvalue weighted by molar-refractivity contribution is -0.119. The lowest BCUT2D eigenvalue weighted by Crippen LogP contribution is -1.94. The molecule has 0 saturated carbocycles. The van der Waals surface area contributed by atoms with E-state index in [1.165, 1.54) is 5.54 Å². The quantitative estimate of drug-likeness (QED) is 0.605. The fourth-order valence-corrected chi connectivity index (χ4v) is 0.837. The first kappa shape index (κ1) is 9.70. The number of allylic oxidation sites excluding steroid dienone is 1. The molecule has 0 N–H and O–H groups in total. The first-order valence-corrected chi connectivity index (χ1v) is 4.01. The number of carbonyl (C=O) groups excluding carboxylic acids is 1. The molecule has 0 aromatic carbocycles. The van der Waals surface area contributed by atoms with Crippen LogP contribution in [0.2, 0.25) is 0 Å². The first-order valence-electron chi connectivity index (χ1n) is 3.58. The molecule has 0 atom stereocenters. The average molecular weight is 161 g/mol. The minimum Gasteiger partial charge on any atom is -0.300 e. The van der Waals surface area contributed by atoms with Crippen molar-refractivity contribution in [3.63, 3.8) is 0 Å². The Labute approximate surface area is 67.1 Å². The Morgan fingerprint density at radius 3 is 2.70 bits per heavy atom. The second-order valence-electron chi connectivity index (χ2n) is 2.19. The standard InChI is InChI=1S/C8H13ClO/c1-2-5-8(10)6-3-4-7-9/h4,7H,2-3,5-6H2,1H3/b7-4+. The maximum Gasteiger partial charge on any atom is 0.133 e. The van der Waals surface area contributed by atoms with E-state index in [0.29, 0.717) is 18.6 Å². The minimum absolute atomic E-state index is 0.331. The van der Waals surface area contributed by atoms with Gasteiger partial charge in [-0.05, 0) is 12.8 Å². The maximum atomic E-state index is 10.8. The Hall–Kier alpha value is -0.300. The number of carbonyl (C=O) groups is 1. The van der Waals surface area contributed by atoms with Crippen LogP contribution in [0.4, 0.5) is 0 Å². The van der Waals surface area contributed by atoms with Gasteiger partial charge in [-0.15, -0.1) is 0 Å². The lowest BCUT2D eigenvalue weighted by Gasteiger charge is -1.92. The van der Waals surface area contributed by atoms with E-state index in [2.05, 4.69) is 0 Å². The number of halogens is 1. The van der Waals surface area contributed by atoms with E-state index in [-0.39, 0.29) is 0 Å². The summed E-state index contributed by atoms with van der Waals surface area (Å²) in [6.45, 7) is 2.01. The zero-order chi connectivity index (χ0) is 7.82. The van der Waals surface area contributed by atoms with Crippen LogP contribution < -0.4 is 0 Å². The van der Waals surface area contributed by atoms with Gasteiger partial charge >= 0.3 is 0 Å².